The fourth-order valence-electron chi connectivity index (χ4n) is 4.25. The van der Waals surface area contributed by atoms with E-state index in [0.717, 1.165) is 0 Å². The lowest BCUT2D eigenvalue weighted by Gasteiger charge is -2.48. The van der Waals surface area contributed by atoms with Crippen LogP contribution in [0.2, 0.25) is 0 Å². The summed E-state index contributed by atoms with van der Waals surface area (Å²) in [5, 5.41) is 19.8. The Kier molecular flexibility index (Phi) is 8.09. The Morgan fingerprint density at radius 2 is 2.00 bits per heavy atom. The van der Waals surface area contributed by atoms with Crippen LogP contribution in [0.5, 0.6) is 0 Å². The molecule has 2 N–H and O–H groups in total. The summed E-state index contributed by atoms with van der Waals surface area (Å²) in [6.45, 7) is 4.89. The van der Waals surface area contributed by atoms with Crippen molar-refractivity contribution in [3.05, 3.63) is 11.6 Å². The molecule has 1 saturated carbocycles. The molecule has 1 heterocycles. The highest BCUT2D eigenvalue weighted by molar-refractivity contribution is 6.18. The van der Waals surface area contributed by atoms with E-state index in [0.29, 0.717) is 19.3 Å². The van der Waals surface area contributed by atoms with Crippen LogP contribution < -0.4 is 0 Å². The van der Waals surface area contributed by atoms with Crippen molar-refractivity contribution in [3.8, 4) is 0 Å². The smallest absolute Gasteiger partial charge is 0.332 e. The molecule has 0 bridgehead atoms. The number of halogens is 1. The standard InChI is InChI=1S/C20H31ClO8/c1-12(2)5-6-14-19(3,29-14)18-17(26-4)13(7-8-20(18,25)11-21)28-16(24)10-27-9-15(22)23/h5,13-14,17-18,25H,6-11H2,1-4H3,(H,22,23)/t13-,14-,17-,18-,19+,20+/m1/s1. The number of hydrogen-bond donors (Lipinski definition) is 2. The summed E-state index contributed by atoms with van der Waals surface area (Å²) in [7, 11) is 1.50. The summed E-state index contributed by atoms with van der Waals surface area (Å²) in [5.41, 5.74) is -0.712. The number of carboxylic acid groups (broad SMARTS) is 1. The number of epoxide rings is 1. The molecule has 0 spiro atoms. The van der Waals surface area contributed by atoms with Gasteiger partial charge in [-0.15, -0.1) is 11.6 Å². The van der Waals surface area contributed by atoms with Gasteiger partial charge < -0.3 is 29.2 Å². The highest BCUT2D eigenvalue weighted by Crippen LogP contribution is 2.54. The van der Waals surface area contributed by atoms with E-state index in [1.165, 1.54) is 12.7 Å². The van der Waals surface area contributed by atoms with Gasteiger partial charge in [0.05, 0.1) is 23.5 Å². The molecule has 29 heavy (non-hydrogen) atoms. The van der Waals surface area contributed by atoms with Crippen LogP contribution in [0.25, 0.3) is 0 Å². The fourth-order valence-corrected chi connectivity index (χ4v) is 4.55. The van der Waals surface area contributed by atoms with E-state index < -0.39 is 54.5 Å². The first kappa shape index (κ1) is 24.1. The van der Waals surface area contributed by atoms with E-state index in [-0.39, 0.29) is 12.0 Å². The average molecular weight is 435 g/mol. The molecule has 0 aromatic heterocycles. The number of allylic oxidation sites excluding steroid dienone is 1. The molecule has 166 valence electrons. The van der Waals surface area contributed by atoms with E-state index in [2.05, 4.69) is 6.08 Å². The number of aliphatic carboxylic acids is 1. The van der Waals surface area contributed by atoms with Crippen LogP contribution in [0, 0.1) is 5.92 Å². The van der Waals surface area contributed by atoms with Gasteiger partial charge in [-0.3, -0.25) is 0 Å². The lowest BCUT2D eigenvalue weighted by Crippen LogP contribution is -2.61. The molecule has 1 aliphatic heterocycles. The Bertz CT molecular complexity index is 634. The Morgan fingerprint density at radius 1 is 1.31 bits per heavy atom. The van der Waals surface area contributed by atoms with Crippen molar-refractivity contribution in [2.24, 2.45) is 5.92 Å². The van der Waals surface area contributed by atoms with Gasteiger partial charge in [0.15, 0.2) is 0 Å². The molecule has 0 unspecified atom stereocenters. The molecule has 1 aliphatic carbocycles. The van der Waals surface area contributed by atoms with Crippen molar-refractivity contribution in [1.82, 2.24) is 0 Å². The van der Waals surface area contributed by atoms with Gasteiger partial charge in [0, 0.05) is 7.11 Å². The fraction of sp³-hybridized carbons (Fsp3) is 0.800. The second-order valence-corrected chi connectivity index (χ2v) is 8.44. The van der Waals surface area contributed by atoms with Crippen molar-refractivity contribution in [3.63, 3.8) is 0 Å². The summed E-state index contributed by atoms with van der Waals surface area (Å²) in [4.78, 5) is 22.6. The van der Waals surface area contributed by atoms with Crippen LogP contribution in [0.1, 0.15) is 40.0 Å². The number of carbonyl (C=O) groups excluding carboxylic acids is 1. The SMILES string of the molecule is CO[C@@H]1[C@H](OC(=O)COCC(=O)O)CC[C@](O)(CCl)[C@H]1[C@@]1(C)O[C@@H]1CC=C(C)C. The van der Waals surface area contributed by atoms with Crippen LogP contribution in [0.15, 0.2) is 11.6 Å². The summed E-state index contributed by atoms with van der Waals surface area (Å²) in [6.07, 6.45) is 2.12. The molecule has 9 heteroatoms. The number of alkyl halides is 1. The number of rotatable bonds is 10. The third-order valence-electron chi connectivity index (χ3n) is 5.70. The van der Waals surface area contributed by atoms with Crippen molar-refractivity contribution in [2.75, 3.05) is 26.2 Å². The van der Waals surface area contributed by atoms with Crippen LogP contribution in [0.4, 0.5) is 0 Å². The Labute approximate surface area is 176 Å². The Morgan fingerprint density at radius 3 is 2.55 bits per heavy atom. The van der Waals surface area contributed by atoms with E-state index in [1.54, 1.807) is 0 Å². The molecule has 0 aromatic carbocycles. The van der Waals surface area contributed by atoms with Crippen molar-refractivity contribution in [1.29, 1.82) is 0 Å². The Hall–Kier alpha value is -1.19. The van der Waals surface area contributed by atoms with Crippen molar-refractivity contribution >= 4 is 23.5 Å². The molecule has 0 radical (unpaired) electrons. The van der Waals surface area contributed by atoms with E-state index in [1.807, 2.05) is 20.8 Å². The zero-order chi connectivity index (χ0) is 21.8. The molecule has 0 amide bonds. The molecule has 2 aliphatic rings. The van der Waals surface area contributed by atoms with Gasteiger partial charge in [-0.25, -0.2) is 9.59 Å². The monoisotopic (exact) mass is 434 g/mol. The minimum atomic E-state index is -1.22. The number of carbonyl (C=O) groups is 2. The zero-order valence-corrected chi connectivity index (χ0v) is 18.1. The molecule has 1 saturated heterocycles. The first-order valence-corrected chi connectivity index (χ1v) is 10.2. The van der Waals surface area contributed by atoms with Crippen LogP contribution in [-0.4, -0.2) is 77.9 Å². The summed E-state index contributed by atoms with van der Waals surface area (Å²) in [5.74, 6) is -2.34. The lowest BCUT2D eigenvalue weighted by atomic mass is 9.66. The topological polar surface area (TPSA) is 115 Å². The molecular weight excluding hydrogens is 404 g/mol. The van der Waals surface area contributed by atoms with Gasteiger partial charge in [-0.2, -0.15) is 0 Å². The Balaban J connectivity index is 2.13. The molecule has 8 nitrogen and oxygen atoms in total. The first-order valence-electron chi connectivity index (χ1n) is 9.68. The van der Waals surface area contributed by atoms with Gasteiger partial charge >= 0.3 is 11.9 Å². The molecular formula is C20H31ClO8. The maximum atomic E-state index is 12.1. The molecule has 2 rings (SSSR count). The first-order chi connectivity index (χ1) is 13.6. The number of esters is 1. The summed E-state index contributed by atoms with van der Waals surface area (Å²) >= 11 is 6.14. The number of methoxy groups -OCH3 is 1. The molecule has 2 fully saturated rings. The lowest BCUT2D eigenvalue weighted by molar-refractivity contribution is -0.195. The van der Waals surface area contributed by atoms with Gasteiger partial charge in [0.25, 0.3) is 0 Å². The second kappa shape index (κ2) is 9.75. The third kappa shape index (κ3) is 5.70. The quantitative estimate of drug-likeness (QED) is 0.232. The highest BCUT2D eigenvalue weighted by Gasteiger charge is 2.67. The second-order valence-electron chi connectivity index (χ2n) is 8.18. The van der Waals surface area contributed by atoms with Gasteiger partial charge in [-0.1, -0.05) is 11.6 Å². The van der Waals surface area contributed by atoms with Crippen molar-refractivity contribution in [2.45, 2.75) is 69.5 Å². The maximum absolute atomic E-state index is 12.1. The number of carboxylic acids is 1. The maximum Gasteiger partial charge on any atom is 0.332 e. The minimum absolute atomic E-state index is 0.00817. The average Bonchev–Trinajstić information content (AvgIpc) is 3.31. The highest BCUT2D eigenvalue weighted by atomic mass is 35.5. The van der Waals surface area contributed by atoms with Crippen LogP contribution in [-0.2, 0) is 28.5 Å². The van der Waals surface area contributed by atoms with E-state index in [9.17, 15) is 14.7 Å². The van der Waals surface area contributed by atoms with Gasteiger partial charge in [0.1, 0.15) is 31.0 Å². The predicted octanol–water partition coefficient (Wildman–Crippen LogP) is 1.91. The minimum Gasteiger partial charge on any atom is -0.480 e. The summed E-state index contributed by atoms with van der Waals surface area (Å²) in [6, 6.07) is 0. The molecule has 6 atom stereocenters. The van der Waals surface area contributed by atoms with Crippen molar-refractivity contribution < 1.29 is 38.7 Å². The normalized spacial score (nSPS) is 36.3. The van der Waals surface area contributed by atoms with Gasteiger partial charge in [0.2, 0.25) is 0 Å². The number of aliphatic hydroxyl groups is 1. The van der Waals surface area contributed by atoms with E-state index >= 15 is 0 Å². The number of hydrogen-bond acceptors (Lipinski definition) is 7. The third-order valence-corrected chi connectivity index (χ3v) is 6.17. The largest absolute Gasteiger partial charge is 0.480 e. The number of ether oxygens (including phenoxy) is 4. The van der Waals surface area contributed by atoms with Crippen LogP contribution in [0.3, 0.4) is 0 Å². The zero-order valence-electron chi connectivity index (χ0n) is 17.4. The molecule has 0 aromatic rings. The van der Waals surface area contributed by atoms with Crippen LogP contribution >= 0.6 is 11.6 Å². The summed E-state index contributed by atoms with van der Waals surface area (Å²) < 4.78 is 22.0. The van der Waals surface area contributed by atoms with E-state index in [4.69, 9.17) is 35.7 Å². The van der Waals surface area contributed by atoms with Gasteiger partial charge in [-0.05, 0) is 40.0 Å². The predicted molar refractivity (Wildman–Crippen MR) is 105 cm³/mol.